The predicted octanol–water partition coefficient (Wildman–Crippen LogP) is 5.50. The standard InChI is InChI=1S/C19H17Br2NO3/c1-3-24-17-9-11(8-15(21)18(17)25-4-2)7-14-13-10-12(20)5-6-16(13)22-19(14)23/h5-10H,3-4H2,1-2H3,(H,22,23)/b14-7+. The summed E-state index contributed by atoms with van der Waals surface area (Å²) in [6.45, 7) is 4.92. The van der Waals surface area contributed by atoms with Gasteiger partial charge in [0.1, 0.15) is 0 Å². The molecule has 0 bridgehead atoms. The van der Waals surface area contributed by atoms with E-state index in [4.69, 9.17) is 9.47 Å². The molecule has 0 saturated carbocycles. The third-order valence-corrected chi connectivity index (χ3v) is 4.78. The molecule has 1 N–H and O–H groups in total. The highest BCUT2D eigenvalue weighted by molar-refractivity contribution is 9.10. The minimum Gasteiger partial charge on any atom is -0.490 e. The molecule has 0 spiro atoms. The fraction of sp³-hybridized carbons (Fsp3) is 0.211. The van der Waals surface area contributed by atoms with Crippen LogP contribution < -0.4 is 14.8 Å². The number of carbonyl (C=O) groups is 1. The Balaban J connectivity index is 2.07. The molecule has 0 saturated heterocycles. The molecule has 2 aromatic rings. The molecular formula is C19H17Br2NO3. The lowest BCUT2D eigenvalue weighted by Crippen LogP contribution is -2.03. The van der Waals surface area contributed by atoms with Crippen LogP contribution in [0.4, 0.5) is 5.69 Å². The van der Waals surface area contributed by atoms with Crippen LogP contribution in [-0.2, 0) is 4.79 Å². The van der Waals surface area contributed by atoms with E-state index in [1.165, 1.54) is 0 Å². The highest BCUT2D eigenvalue weighted by Crippen LogP contribution is 2.39. The van der Waals surface area contributed by atoms with Crippen molar-refractivity contribution in [1.29, 1.82) is 0 Å². The van der Waals surface area contributed by atoms with Crippen LogP contribution in [0.2, 0.25) is 0 Å². The molecule has 1 heterocycles. The van der Waals surface area contributed by atoms with Crippen LogP contribution >= 0.6 is 31.9 Å². The molecule has 4 nitrogen and oxygen atoms in total. The van der Waals surface area contributed by atoms with E-state index < -0.39 is 0 Å². The second-order valence-electron chi connectivity index (χ2n) is 5.40. The van der Waals surface area contributed by atoms with Crippen LogP contribution in [0.1, 0.15) is 25.0 Å². The number of hydrogen-bond donors (Lipinski definition) is 1. The Morgan fingerprint density at radius 2 is 1.84 bits per heavy atom. The van der Waals surface area contributed by atoms with Gasteiger partial charge in [0.25, 0.3) is 5.91 Å². The van der Waals surface area contributed by atoms with Gasteiger partial charge in [0, 0.05) is 21.3 Å². The highest BCUT2D eigenvalue weighted by atomic mass is 79.9. The Morgan fingerprint density at radius 3 is 2.56 bits per heavy atom. The van der Waals surface area contributed by atoms with Gasteiger partial charge in [0.05, 0.1) is 17.7 Å². The second-order valence-corrected chi connectivity index (χ2v) is 7.17. The van der Waals surface area contributed by atoms with Crippen molar-refractivity contribution in [2.24, 2.45) is 0 Å². The lowest BCUT2D eigenvalue weighted by atomic mass is 10.0. The SMILES string of the molecule is CCOc1cc(/C=C2/C(=O)Nc3ccc(Br)cc32)cc(Br)c1OCC. The van der Waals surface area contributed by atoms with E-state index in [9.17, 15) is 4.79 Å². The van der Waals surface area contributed by atoms with Crippen LogP contribution in [0.25, 0.3) is 11.6 Å². The Kier molecular flexibility index (Phi) is 5.49. The van der Waals surface area contributed by atoms with E-state index in [0.29, 0.717) is 30.3 Å². The zero-order valence-corrected chi connectivity index (χ0v) is 17.0. The summed E-state index contributed by atoms with van der Waals surface area (Å²) in [7, 11) is 0. The number of nitrogens with one attached hydrogen (secondary N) is 1. The maximum Gasteiger partial charge on any atom is 0.256 e. The average Bonchev–Trinajstić information content (AvgIpc) is 2.86. The normalized spacial score (nSPS) is 14.4. The van der Waals surface area contributed by atoms with Gasteiger partial charge in [-0.1, -0.05) is 15.9 Å². The molecule has 2 aromatic carbocycles. The summed E-state index contributed by atoms with van der Waals surface area (Å²) in [4.78, 5) is 12.3. The molecule has 1 aliphatic rings. The first-order chi connectivity index (χ1) is 12.0. The van der Waals surface area contributed by atoms with E-state index in [0.717, 1.165) is 25.8 Å². The van der Waals surface area contributed by atoms with Crippen molar-refractivity contribution in [3.63, 3.8) is 0 Å². The third-order valence-electron chi connectivity index (χ3n) is 3.70. The van der Waals surface area contributed by atoms with Gasteiger partial charge >= 0.3 is 0 Å². The maximum absolute atomic E-state index is 12.3. The Labute approximate surface area is 163 Å². The maximum atomic E-state index is 12.3. The summed E-state index contributed by atoms with van der Waals surface area (Å²) in [6, 6.07) is 9.53. The fourth-order valence-corrected chi connectivity index (χ4v) is 3.62. The molecule has 6 heteroatoms. The van der Waals surface area contributed by atoms with E-state index in [1.807, 2.05) is 50.3 Å². The first kappa shape index (κ1) is 18.0. The summed E-state index contributed by atoms with van der Waals surface area (Å²) in [5, 5.41) is 2.89. The number of benzene rings is 2. The summed E-state index contributed by atoms with van der Waals surface area (Å²) in [5.74, 6) is 1.21. The minimum absolute atomic E-state index is 0.115. The van der Waals surface area contributed by atoms with Crippen molar-refractivity contribution < 1.29 is 14.3 Å². The number of ether oxygens (including phenoxy) is 2. The van der Waals surface area contributed by atoms with Crippen LogP contribution in [0, 0.1) is 0 Å². The predicted molar refractivity (Wildman–Crippen MR) is 107 cm³/mol. The van der Waals surface area contributed by atoms with Gasteiger partial charge in [-0.2, -0.15) is 0 Å². The molecule has 0 aliphatic carbocycles. The molecular weight excluding hydrogens is 450 g/mol. The first-order valence-electron chi connectivity index (χ1n) is 7.95. The van der Waals surface area contributed by atoms with Crippen molar-refractivity contribution in [3.8, 4) is 11.5 Å². The minimum atomic E-state index is -0.115. The summed E-state index contributed by atoms with van der Waals surface area (Å²) >= 11 is 6.99. The topological polar surface area (TPSA) is 47.6 Å². The number of amides is 1. The summed E-state index contributed by atoms with van der Waals surface area (Å²) in [6.07, 6.45) is 1.86. The number of halogens is 2. The molecule has 1 amide bonds. The second kappa shape index (κ2) is 7.62. The monoisotopic (exact) mass is 465 g/mol. The highest BCUT2D eigenvalue weighted by Gasteiger charge is 2.24. The Bertz CT molecular complexity index is 862. The van der Waals surface area contributed by atoms with E-state index in [-0.39, 0.29) is 5.91 Å². The molecule has 3 rings (SSSR count). The summed E-state index contributed by atoms with van der Waals surface area (Å²) < 4.78 is 13.1. The van der Waals surface area contributed by atoms with Crippen molar-refractivity contribution in [2.45, 2.75) is 13.8 Å². The lowest BCUT2D eigenvalue weighted by molar-refractivity contribution is -0.110. The van der Waals surface area contributed by atoms with Crippen LogP contribution in [-0.4, -0.2) is 19.1 Å². The van der Waals surface area contributed by atoms with Gasteiger partial charge < -0.3 is 14.8 Å². The number of fused-ring (bicyclic) bond motifs is 1. The first-order valence-corrected chi connectivity index (χ1v) is 9.54. The van der Waals surface area contributed by atoms with Gasteiger partial charge in [0.15, 0.2) is 11.5 Å². The number of anilines is 1. The Morgan fingerprint density at radius 1 is 1.08 bits per heavy atom. The van der Waals surface area contributed by atoms with Gasteiger partial charge in [-0.3, -0.25) is 4.79 Å². The Hall–Kier alpha value is -1.79. The summed E-state index contributed by atoms with van der Waals surface area (Å²) in [5.41, 5.74) is 3.17. The molecule has 25 heavy (non-hydrogen) atoms. The fourth-order valence-electron chi connectivity index (χ4n) is 2.69. The number of rotatable bonds is 5. The molecule has 0 aromatic heterocycles. The van der Waals surface area contributed by atoms with Crippen molar-refractivity contribution in [2.75, 3.05) is 18.5 Å². The van der Waals surface area contributed by atoms with Gasteiger partial charge in [-0.25, -0.2) is 0 Å². The number of hydrogen-bond acceptors (Lipinski definition) is 3. The van der Waals surface area contributed by atoms with Gasteiger partial charge in [0.2, 0.25) is 0 Å². The molecule has 0 unspecified atom stereocenters. The van der Waals surface area contributed by atoms with Crippen molar-refractivity contribution >= 4 is 55.1 Å². The average molecular weight is 467 g/mol. The zero-order valence-electron chi connectivity index (χ0n) is 13.9. The quantitative estimate of drug-likeness (QED) is 0.591. The van der Waals surface area contributed by atoms with E-state index >= 15 is 0 Å². The van der Waals surface area contributed by atoms with Crippen LogP contribution in [0.5, 0.6) is 11.5 Å². The molecule has 0 radical (unpaired) electrons. The van der Waals surface area contributed by atoms with E-state index in [2.05, 4.69) is 37.2 Å². The number of carbonyl (C=O) groups excluding carboxylic acids is 1. The van der Waals surface area contributed by atoms with Crippen LogP contribution in [0.3, 0.4) is 0 Å². The zero-order chi connectivity index (χ0) is 18.0. The van der Waals surface area contributed by atoms with Crippen LogP contribution in [0.15, 0.2) is 39.3 Å². The smallest absolute Gasteiger partial charge is 0.256 e. The van der Waals surface area contributed by atoms with E-state index in [1.54, 1.807) is 0 Å². The molecule has 0 fully saturated rings. The molecule has 130 valence electrons. The van der Waals surface area contributed by atoms with Crippen molar-refractivity contribution in [1.82, 2.24) is 0 Å². The molecule has 0 atom stereocenters. The van der Waals surface area contributed by atoms with Gasteiger partial charge in [-0.05, 0) is 71.7 Å². The lowest BCUT2D eigenvalue weighted by Gasteiger charge is -2.13. The molecule has 1 aliphatic heterocycles. The third kappa shape index (κ3) is 3.75. The van der Waals surface area contributed by atoms with Gasteiger partial charge in [-0.15, -0.1) is 0 Å². The largest absolute Gasteiger partial charge is 0.490 e. The van der Waals surface area contributed by atoms with Crippen molar-refractivity contribution in [3.05, 3.63) is 50.4 Å².